The predicted molar refractivity (Wildman–Crippen MR) is 138 cm³/mol. The van der Waals surface area contributed by atoms with Gasteiger partial charge in [-0.1, -0.05) is 6.07 Å². The summed E-state index contributed by atoms with van der Waals surface area (Å²) in [6.45, 7) is 3.06. The lowest BCUT2D eigenvalue weighted by molar-refractivity contribution is 0.164. The Morgan fingerprint density at radius 1 is 1.05 bits per heavy atom. The van der Waals surface area contributed by atoms with Crippen molar-refractivity contribution in [3.63, 3.8) is 0 Å². The fourth-order valence-corrected chi connectivity index (χ4v) is 4.70. The second-order valence-electron chi connectivity index (χ2n) is 9.25. The van der Waals surface area contributed by atoms with E-state index in [0.29, 0.717) is 72.4 Å². The number of aromatic nitrogens is 3. The van der Waals surface area contributed by atoms with Crippen molar-refractivity contribution in [1.29, 1.82) is 0 Å². The van der Waals surface area contributed by atoms with Crippen LogP contribution in [0.1, 0.15) is 0 Å². The number of imidazole rings is 1. The lowest BCUT2D eigenvalue weighted by Crippen LogP contribution is -2.48. The highest BCUT2D eigenvalue weighted by atomic mass is 19.1. The number of amides is 2. The fraction of sp³-hybridized carbons (Fsp3) is 0.346. The highest BCUT2D eigenvalue weighted by Gasteiger charge is 2.22. The SMILES string of the molecule is COCCn1c(=O)n(C)c2cnc3ccc(-c4cc(F)c(NC(=O)N5CCN(C)CC5)c(F)c4)cc3c21. The highest BCUT2D eigenvalue weighted by molar-refractivity contribution is 6.04. The number of likely N-dealkylation sites (N-methyl/N-ethyl adjacent to an activating group) is 1. The molecule has 1 aliphatic heterocycles. The number of anilines is 1. The maximum Gasteiger partial charge on any atom is 0.328 e. The van der Waals surface area contributed by atoms with Gasteiger partial charge < -0.3 is 19.9 Å². The zero-order valence-electron chi connectivity index (χ0n) is 20.9. The van der Waals surface area contributed by atoms with Gasteiger partial charge in [0.1, 0.15) is 17.3 Å². The molecule has 1 N–H and O–H groups in total. The van der Waals surface area contributed by atoms with Crippen LogP contribution in [-0.4, -0.2) is 76.9 Å². The molecule has 2 amide bonds. The Bertz CT molecular complexity index is 1530. The van der Waals surface area contributed by atoms with Crippen LogP contribution in [0.2, 0.25) is 0 Å². The standard InChI is InChI=1S/C26H28F2N6O3/c1-31-6-8-33(9-7-31)25(35)30-23-19(27)13-17(14-20(23)28)16-4-5-21-18(12-16)24-22(15-29-21)32(2)26(36)34(24)10-11-37-3/h4-5,12-15H,6-11H2,1-3H3,(H,30,35). The summed E-state index contributed by atoms with van der Waals surface area (Å²) >= 11 is 0. The molecule has 11 heteroatoms. The zero-order chi connectivity index (χ0) is 26.3. The molecule has 4 aromatic rings. The summed E-state index contributed by atoms with van der Waals surface area (Å²) < 4.78 is 38.4. The number of hydrogen-bond acceptors (Lipinski definition) is 5. The molecule has 0 bridgehead atoms. The number of carbonyl (C=O) groups is 1. The van der Waals surface area contributed by atoms with E-state index in [4.69, 9.17) is 4.74 Å². The van der Waals surface area contributed by atoms with Crippen molar-refractivity contribution in [2.45, 2.75) is 6.54 Å². The van der Waals surface area contributed by atoms with Gasteiger partial charge in [-0.25, -0.2) is 18.4 Å². The molecule has 0 atom stereocenters. The van der Waals surface area contributed by atoms with Crippen LogP contribution in [0.4, 0.5) is 19.3 Å². The van der Waals surface area contributed by atoms with Crippen molar-refractivity contribution in [2.75, 3.05) is 52.3 Å². The minimum Gasteiger partial charge on any atom is -0.383 e. The number of pyridine rings is 1. The summed E-state index contributed by atoms with van der Waals surface area (Å²) in [4.78, 5) is 33.5. The molecule has 0 aliphatic carbocycles. The maximum absolute atomic E-state index is 15.1. The van der Waals surface area contributed by atoms with Gasteiger partial charge >= 0.3 is 11.7 Å². The van der Waals surface area contributed by atoms with Gasteiger partial charge in [0.15, 0.2) is 0 Å². The van der Waals surface area contributed by atoms with Crippen molar-refractivity contribution in [3.05, 3.63) is 58.6 Å². The van der Waals surface area contributed by atoms with Gasteiger partial charge in [-0.2, -0.15) is 0 Å². The number of ether oxygens (including phenoxy) is 1. The molecule has 5 rings (SSSR count). The normalized spacial score (nSPS) is 14.6. The molecule has 2 aromatic carbocycles. The largest absolute Gasteiger partial charge is 0.383 e. The molecule has 0 unspecified atom stereocenters. The molecule has 9 nitrogen and oxygen atoms in total. The van der Waals surface area contributed by atoms with Crippen molar-refractivity contribution in [2.24, 2.45) is 7.05 Å². The van der Waals surface area contributed by atoms with Crippen molar-refractivity contribution in [3.8, 4) is 11.1 Å². The maximum atomic E-state index is 15.1. The van der Waals surface area contributed by atoms with E-state index in [1.54, 1.807) is 43.1 Å². The number of methoxy groups -OCH3 is 1. The molecular weight excluding hydrogens is 482 g/mol. The van der Waals surface area contributed by atoms with Gasteiger partial charge in [0.05, 0.1) is 35.9 Å². The molecule has 0 saturated carbocycles. The van der Waals surface area contributed by atoms with E-state index < -0.39 is 23.4 Å². The number of nitrogens with zero attached hydrogens (tertiary/aromatic N) is 5. The van der Waals surface area contributed by atoms with Crippen LogP contribution in [0.5, 0.6) is 0 Å². The Balaban J connectivity index is 1.52. The second-order valence-corrected chi connectivity index (χ2v) is 9.25. The van der Waals surface area contributed by atoms with Gasteiger partial charge in [0.2, 0.25) is 0 Å². The monoisotopic (exact) mass is 510 g/mol. The van der Waals surface area contributed by atoms with E-state index in [-0.39, 0.29) is 5.69 Å². The van der Waals surface area contributed by atoms with Crippen LogP contribution >= 0.6 is 0 Å². The number of fused-ring (bicyclic) bond motifs is 3. The topological polar surface area (TPSA) is 84.6 Å². The molecule has 194 valence electrons. The first-order chi connectivity index (χ1) is 17.8. The summed E-state index contributed by atoms with van der Waals surface area (Å²) in [5.74, 6) is -1.74. The lowest BCUT2D eigenvalue weighted by Gasteiger charge is -2.32. The number of rotatable bonds is 5. The Morgan fingerprint density at radius 3 is 2.43 bits per heavy atom. The fourth-order valence-electron chi connectivity index (χ4n) is 4.70. The molecule has 1 saturated heterocycles. The van der Waals surface area contributed by atoms with E-state index in [1.807, 2.05) is 7.05 Å². The average molecular weight is 511 g/mol. The van der Waals surface area contributed by atoms with E-state index in [2.05, 4.69) is 15.2 Å². The van der Waals surface area contributed by atoms with Crippen LogP contribution in [0, 0.1) is 11.6 Å². The van der Waals surface area contributed by atoms with E-state index in [1.165, 1.54) is 21.6 Å². The third-order valence-corrected chi connectivity index (χ3v) is 6.89. The van der Waals surface area contributed by atoms with Gasteiger partial charge in [-0.3, -0.25) is 14.1 Å². The predicted octanol–water partition coefficient (Wildman–Crippen LogP) is 3.26. The molecule has 0 spiro atoms. The zero-order valence-corrected chi connectivity index (χ0v) is 20.9. The third-order valence-electron chi connectivity index (χ3n) is 6.89. The summed E-state index contributed by atoms with van der Waals surface area (Å²) in [6.07, 6.45) is 1.64. The van der Waals surface area contributed by atoms with Crippen LogP contribution in [-0.2, 0) is 18.3 Å². The summed E-state index contributed by atoms with van der Waals surface area (Å²) in [7, 11) is 5.19. The number of aryl methyl sites for hydroxylation is 1. The van der Waals surface area contributed by atoms with Gasteiger partial charge in [-0.05, 0) is 42.4 Å². The quantitative estimate of drug-likeness (QED) is 0.446. The molecule has 2 aromatic heterocycles. The molecule has 1 fully saturated rings. The summed E-state index contributed by atoms with van der Waals surface area (Å²) in [5, 5.41) is 3.07. The summed E-state index contributed by atoms with van der Waals surface area (Å²) in [5.41, 5.74) is 2.13. The number of carbonyl (C=O) groups excluding carboxylic acids is 1. The van der Waals surface area contributed by atoms with Crippen molar-refractivity contribution in [1.82, 2.24) is 23.9 Å². The highest BCUT2D eigenvalue weighted by Crippen LogP contribution is 2.31. The first kappa shape index (κ1) is 24.8. The summed E-state index contributed by atoms with van der Waals surface area (Å²) in [6, 6.07) is 7.10. The number of nitrogens with one attached hydrogen (secondary N) is 1. The van der Waals surface area contributed by atoms with Crippen LogP contribution in [0.15, 0.2) is 41.3 Å². The van der Waals surface area contributed by atoms with Crippen molar-refractivity contribution >= 4 is 33.7 Å². The number of halogens is 2. The number of urea groups is 1. The number of piperazine rings is 1. The molecule has 37 heavy (non-hydrogen) atoms. The molecule has 1 aliphatic rings. The Morgan fingerprint density at radius 2 is 1.76 bits per heavy atom. The Labute approximate surface area is 211 Å². The first-order valence-electron chi connectivity index (χ1n) is 12.0. The van der Waals surface area contributed by atoms with Crippen LogP contribution in [0.3, 0.4) is 0 Å². The Kier molecular flexibility index (Phi) is 6.65. The Hall–Kier alpha value is -3.83. The van der Waals surface area contributed by atoms with Crippen LogP contribution < -0.4 is 11.0 Å². The first-order valence-corrected chi connectivity index (χ1v) is 12.0. The van der Waals surface area contributed by atoms with E-state index >= 15 is 8.78 Å². The van der Waals surface area contributed by atoms with E-state index in [0.717, 1.165) is 0 Å². The minimum atomic E-state index is -0.870. The van der Waals surface area contributed by atoms with E-state index in [9.17, 15) is 9.59 Å². The number of benzene rings is 2. The third kappa shape index (κ3) is 4.56. The molecule has 0 radical (unpaired) electrons. The number of hydrogen-bond donors (Lipinski definition) is 1. The van der Waals surface area contributed by atoms with Gasteiger partial charge in [0.25, 0.3) is 0 Å². The smallest absolute Gasteiger partial charge is 0.328 e. The lowest BCUT2D eigenvalue weighted by atomic mass is 10.0. The average Bonchev–Trinajstić information content (AvgIpc) is 3.14. The molecular formula is C26H28F2N6O3. The van der Waals surface area contributed by atoms with Gasteiger partial charge in [-0.15, -0.1) is 0 Å². The van der Waals surface area contributed by atoms with Crippen LogP contribution in [0.25, 0.3) is 33.1 Å². The van der Waals surface area contributed by atoms with Gasteiger partial charge in [0, 0.05) is 45.7 Å². The molecule has 3 heterocycles. The second kappa shape index (κ2) is 9.91. The minimum absolute atomic E-state index is 0.204. The van der Waals surface area contributed by atoms with Crippen molar-refractivity contribution < 1.29 is 18.3 Å².